The van der Waals surface area contributed by atoms with Gasteiger partial charge in [-0.15, -0.1) is 0 Å². The van der Waals surface area contributed by atoms with Gasteiger partial charge in [-0.1, -0.05) is 0 Å². The molecule has 1 amide bonds. The molecule has 1 N–H and O–H groups in total. The van der Waals surface area contributed by atoms with Gasteiger partial charge in [0.15, 0.2) is 0 Å². The predicted octanol–water partition coefficient (Wildman–Crippen LogP) is 1.29. The molecule has 1 aromatic heterocycles. The summed E-state index contributed by atoms with van der Waals surface area (Å²) in [5, 5.41) is 3.15. The Balaban J connectivity index is 1.63. The maximum Gasteiger partial charge on any atom is 0.253 e. The molecule has 0 aromatic carbocycles. The zero-order valence-corrected chi connectivity index (χ0v) is 12.9. The van der Waals surface area contributed by atoms with E-state index in [1.54, 1.807) is 0 Å². The standard InChI is InChI=1S/C16H23N3O2/c1-10-4-5-15(12(3)17-10)16(20)18-13-6-14-9-21-11(2)7-19(14)8-13/h4-5,11,13-14H,6-9H2,1-3H3,(H,18,20)/t11-,13-,14-/m0/s1. The highest BCUT2D eigenvalue weighted by atomic mass is 16.5. The summed E-state index contributed by atoms with van der Waals surface area (Å²) in [6.45, 7) is 8.58. The Hall–Kier alpha value is -1.46. The Morgan fingerprint density at radius 1 is 1.38 bits per heavy atom. The van der Waals surface area contributed by atoms with Crippen LogP contribution in [0.15, 0.2) is 12.1 Å². The third kappa shape index (κ3) is 3.09. The Labute approximate surface area is 125 Å². The lowest BCUT2D eigenvalue weighted by molar-refractivity contribution is -0.0390. The molecule has 0 radical (unpaired) electrons. The van der Waals surface area contributed by atoms with Gasteiger partial charge < -0.3 is 10.1 Å². The summed E-state index contributed by atoms with van der Waals surface area (Å²) in [5.74, 6) is -0.0150. The molecule has 2 aliphatic rings. The van der Waals surface area contributed by atoms with Crippen molar-refractivity contribution in [3.05, 3.63) is 29.1 Å². The Morgan fingerprint density at radius 3 is 2.95 bits per heavy atom. The highest BCUT2D eigenvalue weighted by molar-refractivity contribution is 5.95. The van der Waals surface area contributed by atoms with E-state index >= 15 is 0 Å². The maximum absolute atomic E-state index is 12.4. The number of hydrogen-bond acceptors (Lipinski definition) is 4. The van der Waals surface area contributed by atoms with Crippen molar-refractivity contribution in [2.24, 2.45) is 0 Å². The van der Waals surface area contributed by atoms with E-state index in [2.05, 4.69) is 22.1 Å². The molecule has 5 nitrogen and oxygen atoms in total. The summed E-state index contributed by atoms with van der Waals surface area (Å²) >= 11 is 0. The summed E-state index contributed by atoms with van der Waals surface area (Å²) in [7, 11) is 0. The molecule has 1 aromatic rings. The summed E-state index contributed by atoms with van der Waals surface area (Å²) in [4.78, 5) is 19.2. The first-order chi connectivity index (χ1) is 10.0. The molecule has 21 heavy (non-hydrogen) atoms. The van der Waals surface area contributed by atoms with Crippen LogP contribution in [0.4, 0.5) is 0 Å². The van der Waals surface area contributed by atoms with E-state index in [0.717, 1.165) is 37.5 Å². The molecule has 3 atom stereocenters. The minimum atomic E-state index is -0.0150. The zero-order chi connectivity index (χ0) is 15.0. The fraction of sp³-hybridized carbons (Fsp3) is 0.625. The number of nitrogens with one attached hydrogen (secondary N) is 1. The quantitative estimate of drug-likeness (QED) is 0.891. The molecule has 2 saturated heterocycles. The van der Waals surface area contributed by atoms with Gasteiger partial charge in [-0.05, 0) is 39.3 Å². The largest absolute Gasteiger partial charge is 0.376 e. The number of ether oxygens (including phenoxy) is 1. The molecule has 3 rings (SSSR count). The third-order valence-corrected chi connectivity index (χ3v) is 4.40. The van der Waals surface area contributed by atoms with E-state index in [4.69, 9.17) is 4.74 Å². The van der Waals surface area contributed by atoms with E-state index in [1.165, 1.54) is 0 Å². The van der Waals surface area contributed by atoms with Gasteiger partial charge in [-0.25, -0.2) is 0 Å². The number of aromatic nitrogens is 1. The van der Waals surface area contributed by atoms with E-state index < -0.39 is 0 Å². The number of rotatable bonds is 2. The third-order valence-electron chi connectivity index (χ3n) is 4.40. The van der Waals surface area contributed by atoms with E-state index in [9.17, 15) is 4.79 Å². The van der Waals surface area contributed by atoms with Gasteiger partial charge in [0.05, 0.1) is 24.0 Å². The summed E-state index contributed by atoms with van der Waals surface area (Å²) in [6, 6.07) is 4.40. The monoisotopic (exact) mass is 289 g/mol. The molecule has 0 spiro atoms. The van der Waals surface area contributed by atoms with E-state index in [1.807, 2.05) is 26.0 Å². The van der Waals surface area contributed by atoms with Crippen molar-refractivity contribution in [1.82, 2.24) is 15.2 Å². The van der Waals surface area contributed by atoms with Crippen LogP contribution in [-0.4, -0.2) is 53.7 Å². The van der Waals surface area contributed by atoms with Crippen LogP contribution < -0.4 is 5.32 Å². The van der Waals surface area contributed by atoms with Crippen molar-refractivity contribution >= 4 is 5.91 Å². The average Bonchev–Trinajstić information content (AvgIpc) is 2.79. The normalized spacial score (nSPS) is 29.2. The van der Waals surface area contributed by atoms with Gasteiger partial charge in [-0.2, -0.15) is 0 Å². The van der Waals surface area contributed by atoms with Crippen molar-refractivity contribution in [3.8, 4) is 0 Å². The number of nitrogens with zero attached hydrogens (tertiary/aromatic N) is 2. The molecule has 0 unspecified atom stereocenters. The first-order valence-electron chi connectivity index (χ1n) is 7.63. The second-order valence-corrected chi connectivity index (χ2v) is 6.24. The lowest BCUT2D eigenvalue weighted by Crippen LogP contribution is -2.45. The highest BCUT2D eigenvalue weighted by Gasteiger charge is 2.36. The second-order valence-electron chi connectivity index (χ2n) is 6.24. The van der Waals surface area contributed by atoms with Crippen molar-refractivity contribution < 1.29 is 9.53 Å². The second kappa shape index (κ2) is 5.73. The molecule has 0 bridgehead atoms. The number of amides is 1. The Morgan fingerprint density at radius 2 is 2.19 bits per heavy atom. The molecule has 2 aliphatic heterocycles. The average molecular weight is 289 g/mol. The van der Waals surface area contributed by atoms with Crippen LogP contribution >= 0.6 is 0 Å². The van der Waals surface area contributed by atoms with Crippen LogP contribution in [-0.2, 0) is 4.74 Å². The van der Waals surface area contributed by atoms with Crippen molar-refractivity contribution in [2.45, 2.75) is 45.4 Å². The van der Waals surface area contributed by atoms with Gasteiger partial charge in [-0.3, -0.25) is 14.7 Å². The highest BCUT2D eigenvalue weighted by Crippen LogP contribution is 2.23. The van der Waals surface area contributed by atoms with Crippen LogP contribution in [0.3, 0.4) is 0 Å². The Kier molecular flexibility index (Phi) is 3.95. The van der Waals surface area contributed by atoms with Crippen molar-refractivity contribution in [3.63, 3.8) is 0 Å². The van der Waals surface area contributed by atoms with E-state index in [-0.39, 0.29) is 11.9 Å². The molecule has 5 heteroatoms. The fourth-order valence-corrected chi connectivity index (χ4v) is 3.33. The minimum absolute atomic E-state index is 0.0150. The minimum Gasteiger partial charge on any atom is -0.376 e. The van der Waals surface area contributed by atoms with Crippen LogP contribution in [0, 0.1) is 13.8 Å². The van der Waals surface area contributed by atoms with Gasteiger partial charge in [0.25, 0.3) is 5.91 Å². The summed E-state index contributed by atoms with van der Waals surface area (Å²) < 4.78 is 5.70. The molecule has 114 valence electrons. The molecule has 0 aliphatic carbocycles. The zero-order valence-electron chi connectivity index (χ0n) is 12.9. The SMILES string of the molecule is Cc1ccc(C(=O)N[C@H]2C[C@H]3CO[C@@H](C)CN3C2)c(C)n1. The first-order valence-corrected chi connectivity index (χ1v) is 7.63. The molecule has 3 heterocycles. The number of carbonyl (C=O) groups is 1. The van der Waals surface area contributed by atoms with Crippen LogP contribution in [0.1, 0.15) is 35.1 Å². The fourth-order valence-electron chi connectivity index (χ4n) is 3.33. The van der Waals surface area contributed by atoms with Crippen LogP contribution in [0.2, 0.25) is 0 Å². The number of hydrogen-bond donors (Lipinski definition) is 1. The maximum atomic E-state index is 12.4. The van der Waals surface area contributed by atoms with Gasteiger partial charge >= 0.3 is 0 Å². The summed E-state index contributed by atoms with van der Waals surface area (Å²) in [5.41, 5.74) is 2.41. The molecular formula is C16H23N3O2. The molecule has 0 saturated carbocycles. The number of fused-ring (bicyclic) bond motifs is 1. The lowest BCUT2D eigenvalue weighted by atomic mass is 10.1. The van der Waals surface area contributed by atoms with Crippen molar-refractivity contribution in [2.75, 3.05) is 19.7 Å². The number of aryl methyl sites for hydroxylation is 2. The first kappa shape index (κ1) is 14.5. The predicted molar refractivity (Wildman–Crippen MR) is 80.4 cm³/mol. The van der Waals surface area contributed by atoms with Crippen molar-refractivity contribution in [1.29, 1.82) is 0 Å². The van der Waals surface area contributed by atoms with Crippen LogP contribution in [0.5, 0.6) is 0 Å². The number of morpholine rings is 1. The summed E-state index contributed by atoms with van der Waals surface area (Å²) in [6.07, 6.45) is 1.26. The van der Waals surface area contributed by atoms with Gasteiger partial charge in [0.2, 0.25) is 0 Å². The lowest BCUT2D eigenvalue weighted by Gasteiger charge is -2.33. The Bertz CT molecular complexity index is 546. The van der Waals surface area contributed by atoms with Gasteiger partial charge in [0.1, 0.15) is 0 Å². The topological polar surface area (TPSA) is 54.5 Å². The molecule has 2 fully saturated rings. The van der Waals surface area contributed by atoms with Crippen LogP contribution in [0.25, 0.3) is 0 Å². The number of carbonyl (C=O) groups excluding carboxylic acids is 1. The molecular weight excluding hydrogens is 266 g/mol. The van der Waals surface area contributed by atoms with Gasteiger partial charge in [0, 0.05) is 30.9 Å². The smallest absolute Gasteiger partial charge is 0.253 e. The number of pyridine rings is 1. The van der Waals surface area contributed by atoms with E-state index in [0.29, 0.717) is 17.7 Å².